The summed E-state index contributed by atoms with van der Waals surface area (Å²) in [5, 5.41) is 3.00. The van der Waals surface area contributed by atoms with E-state index >= 15 is 0 Å². The van der Waals surface area contributed by atoms with E-state index < -0.39 is 0 Å². The summed E-state index contributed by atoms with van der Waals surface area (Å²) in [7, 11) is 1.84. The molecule has 1 N–H and O–H groups in total. The van der Waals surface area contributed by atoms with Crippen LogP contribution in [-0.2, 0) is 0 Å². The fraction of sp³-hybridized carbons (Fsp3) is 0.667. The number of halogens is 1. The second-order valence-corrected chi connectivity index (χ2v) is 5.37. The molecule has 2 rings (SSSR count). The monoisotopic (exact) mass is 298 g/mol. The molecule has 1 aliphatic rings. The van der Waals surface area contributed by atoms with E-state index in [1.54, 1.807) is 0 Å². The van der Waals surface area contributed by atoms with E-state index in [1.165, 1.54) is 12.8 Å². The number of anilines is 2. The van der Waals surface area contributed by atoms with Gasteiger partial charge in [0.1, 0.15) is 5.82 Å². The summed E-state index contributed by atoms with van der Waals surface area (Å²) in [6.07, 6.45) is 5.48. The number of hydrogen-bond acceptors (Lipinski definition) is 4. The third-order valence-corrected chi connectivity index (χ3v) is 4.01. The first-order valence-electron chi connectivity index (χ1n) is 6.16. The summed E-state index contributed by atoms with van der Waals surface area (Å²) in [6.45, 7) is 4.51. The zero-order valence-corrected chi connectivity index (χ0v) is 12.2. The lowest BCUT2D eigenvalue weighted by molar-refractivity contribution is 0.619. The molecular formula is C12H19BrN4. The van der Waals surface area contributed by atoms with Crippen molar-refractivity contribution in [2.24, 2.45) is 0 Å². The first kappa shape index (κ1) is 12.6. The molecule has 17 heavy (non-hydrogen) atoms. The van der Waals surface area contributed by atoms with Crippen LogP contribution in [0.2, 0.25) is 0 Å². The van der Waals surface area contributed by atoms with Gasteiger partial charge in [-0.25, -0.2) is 4.98 Å². The van der Waals surface area contributed by atoms with Gasteiger partial charge in [0.05, 0.1) is 4.47 Å². The third-order valence-electron chi connectivity index (χ3n) is 3.45. The van der Waals surface area contributed by atoms with Crippen LogP contribution in [0.15, 0.2) is 10.7 Å². The van der Waals surface area contributed by atoms with Crippen molar-refractivity contribution in [3.8, 4) is 0 Å². The lowest BCUT2D eigenvalue weighted by Gasteiger charge is -2.30. The second-order valence-electron chi connectivity index (χ2n) is 4.51. The van der Waals surface area contributed by atoms with Crippen molar-refractivity contribution in [3.63, 3.8) is 0 Å². The number of nitrogens with one attached hydrogen (secondary N) is 1. The highest BCUT2D eigenvalue weighted by Crippen LogP contribution is 2.35. The molecule has 2 unspecified atom stereocenters. The SMILES string of the molecule is CCC1CCC(C)N1c1nc(NC)ncc1Br. The van der Waals surface area contributed by atoms with Gasteiger partial charge in [0.2, 0.25) is 5.95 Å². The Balaban J connectivity index is 2.37. The van der Waals surface area contributed by atoms with Crippen molar-refractivity contribution in [2.45, 2.75) is 45.2 Å². The van der Waals surface area contributed by atoms with Crippen molar-refractivity contribution in [2.75, 3.05) is 17.3 Å². The number of hydrogen-bond donors (Lipinski definition) is 1. The highest BCUT2D eigenvalue weighted by molar-refractivity contribution is 9.10. The summed E-state index contributed by atoms with van der Waals surface area (Å²) in [4.78, 5) is 11.2. The number of aromatic nitrogens is 2. The molecule has 1 fully saturated rings. The maximum absolute atomic E-state index is 4.58. The van der Waals surface area contributed by atoms with Crippen LogP contribution in [0.1, 0.15) is 33.1 Å². The Hall–Kier alpha value is -0.840. The second kappa shape index (κ2) is 5.21. The van der Waals surface area contributed by atoms with E-state index in [1.807, 2.05) is 13.2 Å². The van der Waals surface area contributed by atoms with Crippen molar-refractivity contribution < 1.29 is 0 Å². The van der Waals surface area contributed by atoms with E-state index in [0.717, 1.165) is 16.7 Å². The fourth-order valence-electron chi connectivity index (χ4n) is 2.51. The molecule has 0 aliphatic carbocycles. The molecule has 0 spiro atoms. The Morgan fingerprint density at radius 1 is 1.53 bits per heavy atom. The van der Waals surface area contributed by atoms with Crippen molar-refractivity contribution >= 4 is 27.7 Å². The molecule has 1 aromatic rings. The summed E-state index contributed by atoms with van der Waals surface area (Å²) < 4.78 is 0.976. The summed E-state index contributed by atoms with van der Waals surface area (Å²) in [5.74, 6) is 1.69. The average Bonchev–Trinajstić information content (AvgIpc) is 2.71. The lowest BCUT2D eigenvalue weighted by atomic mass is 10.1. The summed E-state index contributed by atoms with van der Waals surface area (Å²) in [5.41, 5.74) is 0. The Labute approximate surface area is 111 Å². The van der Waals surface area contributed by atoms with Gasteiger partial charge in [0, 0.05) is 25.3 Å². The van der Waals surface area contributed by atoms with Crippen LogP contribution >= 0.6 is 15.9 Å². The largest absolute Gasteiger partial charge is 0.357 e. The highest BCUT2D eigenvalue weighted by Gasteiger charge is 2.31. The zero-order valence-electron chi connectivity index (χ0n) is 10.6. The molecule has 1 aromatic heterocycles. The predicted octanol–water partition coefficient (Wildman–Crippen LogP) is 3.05. The first-order valence-corrected chi connectivity index (χ1v) is 6.95. The van der Waals surface area contributed by atoms with Crippen molar-refractivity contribution in [1.29, 1.82) is 0 Å². The minimum absolute atomic E-state index is 0.552. The Kier molecular flexibility index (Phi) is 3.86. The molecule has 5 heteroatoms. The van der Waals surface area contributed by atoms with E-state index in [2.05, 4.69) is 50.0 Å². The molecule has 0 amide bonds. The van der Waals surface area contributed by atoms with Crippen LogP contribution in [0.25, 0.3) is 0 Å². The molecule has 2 atom stereocenters. The third kappa shape index (κ3) is 2.39. The topological polar surface area (TPSA) is 41.1 Å². The molecule has 1 saturated heterocycles. The van der Waals surface area contributed by atoms with Crippen LogP contribution in [0.4, 0.5) is 11.8 Å². The van der Waals surface area contributed by atoms with Gasteiger partial charge in [-0.15, -0.1) is 0 Å². The van der Waals surface area contributed by atoms with Crippen molar-refractivity contribution in [1.82, 2.24) is 9.97 Å². The molecule has 0 saturated carbocycles. The van der Waals surface area contributed by atoms with Crippen LogP contribution < -0.4 is 10.2 Å². The molecule has 0 bridgehead atoms. The van der Waals surface area contributed by atoms with Gasteiger partial charge < -0.3 is 10.2 Å². The van der Waals surface area contributed by atoms with E-state index in [9.17, 15) is 0 Å². The smallest absolute Gasteiger partial charge is 0.224 e. The molecule has 0 radical (unpaired) electrons. The van der Waals surface area contributed by atoms with Gasteiger partial charge in [-0.1, -0.05) is 6.92 Å². The minimum atomic E-state index is 0.552. The number of nitrogens with zero attached hydrogens (tertiary/aromatic N) is 3. The molecule has 4 nitrogen and oxygen atoms in total. The molecular weight excluding hydrogens is 280 g/mol. The fourth-order valence-corrected chi connectivity index (χ4v) is 2.91. The molecule has 2 heterocycles. The van der Waals surface area contributed by atoms with Gasteiger partial charge >= 0.3 is 0 Å². The Morgan fingerprint density at radius 3 is 2.94 bits per heavy atom. The van der Waals surface area contributed by atoms with Crippen LogP contribution in [0.5, 0.6) is 0 Å². The normalized spacial score (nSPS) is 24.1. The van der Waals surface area contributed by atoms with E-state index in [4.69, 9.17) is 0 Å². The van der Waals surface area contributed by atoms with Gasteiger partial charge in [0.15, 0.2) is 0 Å². The first-order chi connectivity index (χ1) is 8.17. The Bertz CT molecular complexity index is 396. The standard InChI is InChI=1S/C12H19BrN4/c1-4-9-6-5-8(2)17(9)11-10(13)7-15-12(14-3)16-11/h7-9H,4-6H2,1-3H3,(H,14,15,16). The molecule has 1 aliphatic heterocycles. The van der Waals surface area contributed by atoms with E-state index in [0.29, 0.717) is 18.0 Å². The molecule has 94 valence electrons. The maximum Gasteiger partial charge on any atom is 0.224 e. The van der Waals surface area contributed by atoms with Gasteiger partial charge in [-0.2, -0.15) is 4.98 Å². The molecule has 0 aromatic carbocycles. The van der Waals surface area contributed by atoms with Gasteiger partial charge in [-0.3, -0.25) is 0 Å². The summed E-state index contributed by atoms with van der Waals surface area (Å²) in [6, 6.07) is 1.15. The van der Waals surface area contributed by atoms with Crippen molar-refractivity contribution in [3.05, 3.63) is 10.7 Å². The maximum atomic E-state index is 4.58. The predicted molar refractivity (Wildman–Crippen MR) is 74.5 cm³/mol. The average molecular weight is 299 g/mol. The van der Waals surface area contributed by atoms with Gasteiger partial charge in [-0.05, 0) is 42.1 Å². The number of rotatable bonds is 3. The van der Waals surface area contributed by atoms with E-state index in [-0.39, 0.29) is 0 Å². The van der Waals surface area contributed by atoms with Crippen LogP contribution in [0, 0.1) is 0 Å². The Morgan fingerprint density at radius 2 is 2.29 bits per heavy atom. The minimum Gasteiger partial charge on any atom is -0.357 e. The van der Waals surface area contributed by atoms with Crippen LogP contribution in [0.3, 0.4) is 0 Å². The highest BCUT2D eigenvalue weighted by atomic mass is 79.9. The lowest BCUT2D eigenvalue weighted by Crippen LogP contribution is -2.35. The van der Waals surface area contributed by atoms with Crippen LogP contribution in [-0.4, -0.2) is 29.1 Å². The van der Waals surface area contributed by atoms with Gasteiger partial charge in [0.25, 0.3) is 0 Å². The summed E-state index contributed by atoms with van der Waals surface area (Å²) >= 11 is 3.56. The zero-order chi connectivity index (χ0) is 12.4. The quantitative estimate of drug-likeness (QED) is 0.931.